The molecule has 0 radical (unpaired) electrons. The number of methoxy groups -OCH3 is 1. The largest absolute Gasteiger partial charge is 0.383 e. The van der Waals surface area contributed by atoms with Crippen molar-refractivity contribution >= 4 is 0 Å². The first-order valence-electron chi connectivity index (χ1n) is 4.22. The molecule has 0 aromatic rings. The maximum atomic E-state index is 6.06. The van der Waals surface area contributed by atoms with Crippen LogP contribution in [0.25, 0.3) is 0 Å². The summed E-state index contributed by atoms with van der Waals surface area (Å²) >= 11 is 0. The van der Waals surface area contributed by atoms with Crippen LogP contribution in [0.2, 0.25) is 0 Å². The molecule has 1 fully saturated rings. The molecule has 3 nitrogen and oxygen atoms in total. The van der Waals surface area contributed by atoms with Crippen LogP contribution in [-0.4, -0.2) is 25.3 Å². The predicted molar refractivity (Wildman–Crippen MR) is 45.2 cm³/mol. The Labute approximate surface area is 68.1 Å². The average Bonchev–Trinajstić information content (AvgIpc) is 1.96. The van der Waals surface area contributed by atoms with Crippen LogP contribution >= 0.6 is 0 Å². The summed E-state index contributed by atoms with van der Waals surface area (Å²) in [5, 5.41) is 0. The third-order valence-corrected chi connectivity index (χ3v) is 2.56. The van der Waals surface area contributed by atoms with Crippen LogP contribution < -0.4 is 11.5 Å². The van der Waals surface area contributed by atoms with E-state index in [2.05, 4.69) is 0 Å². The van der Waals surface area contributed by atoms with Gasteiger partial charge < -0.3 is 16.2 Å². The molecular weight excluding hydrogens is 140 g/mol. The van der Waals surface area contributed by atoms with E-state index >= 15 is 0 Å². The second-order valence-electron chi connectivity index (χ2n) is 3.52. The first-order chi connectivity index (χ1) is 5.19. The van der Waals surface area contributed by atoms with Gasteiger partial charge in [-0.25, -0.2) is 0 Å². The molecule has 0 heterocycles. The first-order valence-corrected chi connectivity index (χ1v) is 4.22. The van der Waals surface area contributed by atoms with Crippen LogP contribution in [0.4, 0.5) is 0 Å². The molecule has 0 spiro atoms. The van der Waals surface area contributed by atoms with Gasteiger partial charge in [0, 0.05) is 13.2 Å². The van der Waals surface area contributed by atoms with Crippen molar-refractivity contribution in [2.45, 2.75) is 37.3 Å². The summed E-state index contributed by atoms with van der Waals surface area (Å²) in [5.74, 6) is 0. The van der Waals surface area contributed by atoms with Crippen LogP contribution in [0, 0.1) is 0 Å². The highest BCUT2D eigenvalue weighted by Gasteiger charge is 2.34. The van der Waals surface area contributed by atoms with Crippen LogP contribution in [0.15, 0.2) is 0 Å². The summed E-state index contributed by atoms with van der Waals surface area (Å²) in [4.78, 5) is 0. The Morgan fingerprint density at radius 2 is 2.27 bits per heavy atom. The second-order valence-corrected chi connectivity index (χ2v) is 3.52. The molecule has 0 aromatic carbocycles. The molecule has 4 N–H and O–H groups in total. The summed E-state index contributed by atoms with van der Waals surface area (Å²) in [7, 11) is 1.68. The van der Waals surface area contributed by atoms with Crippen LogP contribution in [0.1, 0.15) is 25.7 Å². The van der Waals surface area contributed by atoms with Gasteiger partial charge in [-0.05, 0) is 12.8 Å². The minimum atomic E-state index is -0.257. The molecule has 66 valence electrons. The normalized spacial score (nSPS) is 39.0. The molecule has 11 heavy (non-hydrogen) atoms. The Morgan fingerprint density at radius 1 is 1.55 bits per heavy atom. The maximum Gasteiger partial charge on any atom is 0.0657 e. The van der Waals surface area contributed by atoms with Crippen molar-refractivity contribution in [3.63, 3.8) is 0 Å². The van der Waals surface area contributed by atoms with E-state index in [0.29, 0.717) is 6.61 Å². The topological polar surface area (TPSA) is 61.3 Å². The van der Waals surface area contributed by atoms with Gasteiger partial charge in [0.2, 0.25) is 0 Å². The van der Waals surface area contributed by atoms with Gasteiger partial charge in [0.15, 0.2) is 0 Å². The lowest BCUT2D eigenvalue weighted by Crippen LogP contribution is -2.59. The predicted octanol–water partition coefficient (Wildman–Crippen LogP) is 0.232. The standard InChI is InChI=1S/C8H18N2O/c1-11-6-8(10)5-3-2-4-7(8)9/h7H,2-6,9-10H2,1H3. The first kappa shape index (κ1) is 8.97. The van der Waals surface area contributed by atoms with E-state index in [1.165, 1.54) is 12.8 Å². The zero-order valence-electron chi connectivity index (χ0n) is 7.18. The Hall–Kier alpha value is -0.120. The maximum absolute atomic E-state index is 6.06. The summed E-state index contributed by atoms with van der Waals surface area (Å²) in [6.07, 6.45) is 4.44. The molecular formula is C8H18N2O. The smallest absolute Gasteiger partial charge is 0.0657 e. The molecule has 1 rings (SSSR count). The molecule has 2 atom stereocenters. The van der Waals surface area contributed by atoms with E-state index < -0.39 is 0 Å². The summed E-state index contributed by atoms with van der Waals surface area (Å²) in [6, 6.07) is 0.121. The van der Waals surface area contributed by atoms with Crippen LogP contribution in [-0.2, 0) is 4.74 Å². The van der Waals surface area contributed by atoms with E-state index in [4.69, 9.17) is 16.2 Å². The molecule has 1 saturated carbocycles. The second kappa shape index (κ2) is 3.52. The SMILES string of the molecule is COCC1(N)CCCCC1N. The quantitative estimate of drug-likeness (QED) is 0.605. The van der Waals surface area contributed by atoms with E-state index in [-0.39, 0.29) is 11.6 Å². The van der Waals surface area contributed by atoms with Gasteiger partial charge in [-0.3, -0.25) is 0 Å². The van der Waals surface area contributed by atoms with Crippen LogP contribution in [0.5, 0.6) is 0 Å². The van der Waals surface area contributed by atoms with Crippen molar-refractivity contribution in [1.82, 2.24) is 0 Å². The van der Waals surface area contributed by atoms with Crippen molar-refractivity contribution in [1.29, 1.82) is 0 Å². The molecule has 3 heteroatoms. The minimum absolute atomic E-state index is 0.121. The fraction of sp³-hybridized carbons (Fsp3) is 1.00. The molecule has 0 aliphatic heterocycles. The molecule has 1 aliphatic carbocycles. The Kier molecular flexibility index (Phi) is 2.87. The number of hydrogen-bond donors (Lipinski definition) is 2. The summed E-state index contributed by atoms with van der Waals surface area (Å²) in [5.41, 5.74) is 11.7. The van der Waals surface area contributed by atoms with E-state index in [1.807, 2.05) is 0 Å². The van der Waals surface area contributed by atoms with E-state index in [0.717, 1.165) is 12.8 Å². The lowest BCUT2D eigenvalue weighted by atomic mass is 9.79. The molecule has 0 aromatic heterocycles. The van der Waals surface area contributed by atoms with Gasteiger partial charge >= 0.3 is 0 Å². The van der Waals surface area contributed by atoms with Crippen molar-refractivity contribution in [2.24, 2.45) is 11.5 Å². The fourth-order valence-corrected chi connectivity index (χ4v) is 1.74. The zero-order chi connectivity index (χ0) is 8.32. The van der Waals surface area contributed by atoms with Gasteiger partial charge in [0.1, 0.15) is 0 Å². The van der Waals surface area contributed by atoms with Gasteiger partial charge in [0.05, 0.1) is 12.1 Å². The molecule has 0 amide bonds. The van der Waals surface area contributed by atoms with E-state index in [1.54, 1.807) is 7.11 Å². The van der Waals surface area contributed by atoms with Crippen molar-refractivity contribution < 1.29 is 4.74 Å². The zero-order valence-corrected chi connectivity index (χ0v) is 7.18. The fourth-order valence-electron chi connectivity index (χ4n) is 1.74. The van der Waals surface area contributed by atoms with Crippen molar-refractivity contribution in [2.75, 3.05) is 13.7 Å². The minimum Gasteiger partial charge on any atom is -0.383 e. The van der Waals surface area contributed by atoms with Gasteiger partial charge in [-0.1, -0.05) is 12.8 Å². The average molecular weight is 158 g/mol. The monoisotopic (exact) mass is 158 g/mol. The lowest BCUT2D eigenvalue weighted by Gasteiger charge is -2.38. The third kappa shape index (κ3) is 1.92. The molecule has 0 bridgehead atoms. The Bertz CT molecular complexity index is 125. The van der Waals surface area contributed by atoms with Gasteiger partial charge in [0.25, 0.3) is 0 Å². The highest BCUT2D eigenvalue weighted by atomic mass is 16.5. The van der Waals surface area contributed by atoms with Gasteiger partial charge in [-0.2, -0.15) is 0 Å². The molecule has 2 unspecified atom stereocenters. The summed E-state index contributed by atoms with van der Waals surface area (Å²) < 4.78 is 5.05. The highest BCUT2D eigenvalue weighted by Crippen LogP contribution is 2.24. The number of hydrogen-bond acceptors (Lipinski definition) is 3. The Balaban J connectivity index is 2.49. The van der Waals surface area contributed by atoms with Crippen molar-refractivity contribution in [3.8, 4) is 0 Å². The Morgan fingerprint density at radius 3 is 2.82 bits per heavy atom. The highest BCUT2D eigenvalue weighted by molar-refractivity contribution is 4.96. The van der Waals surface area contributed by atoms with E-state index in [9.17, 15) is 0 Å². The molecule has 1 aliphatic rings. The summed E-state index contributed by atoms with van der Waals surface area (Å²) in [6.45, 7) is 0.591. The molecule has 0 saturated heterocycles. The van der Waals surface area contributed by atoms with Crippen molar-refractivity contribution in [3.05, 3.63) is 0 Å². The number of rotatable bonds is 2. The number of ether oxygens (including phenoxy) is 1. The lowest BCUT2D eigenvalue weighted by molar-refractivity contribution is 0.0944. The van der Waals surface area contributed by atoms with Crippen LogP contribution in [0.3, 0.4) is 0 Å². The number of nitrogens with two attached hydrogens (primary N) is 2. The van der Waals surface area contributed by atoms with Gasteiger partial charge in [-0.15, -0.1) is 0 Å². The third-order valence-electron chi connectivity index (χ3n) is 2.56.